The lowest BCUT2D eigenvalue weighted by Crippen LogP contribution is -2.33. The summed E-state index contributed by atoms with van der Waals surface area (Å²) in [6, 6.07) is 18.2. The number of hydrogen-bond acceptors (Lipinski definition) is 4. The zero-order valence-electron chi connectivity index (χ0n) is 21.6. The van der Waals surface area contributed by atoms with Crippen molar-refractivity contribution in [3.05, 3.63) is 124 Å². The van der Waals surface area contributed by atoms with Crippen LogP contribution in [0.4, 0.5) is 11.5 Å². The standard InChI is InChI=1S/C33H29N3O2/c1-3-36(25-10-5-4-6-11-25)32-29(23-17-18-34-30(20-23)35-21(2)37)19-24-14-15-27-26-12-8-7-9-22(26)13-16-28(27)31(24)33(32)38/h4-8,10-15,17-18,20H,3,9,16,19H2,1-2H3,(H,34,35,37). The van der Waals surface area contributed by atoms with E-state index in [1.807, 2.05) is 42.5 Å². The molecule has 2 aromatic carbocycles. The Balaban J connectivity index is 1.55. The van der Waals surface area contributed by atoms with Crippen LogP contribution in [0.2, 0.25) is 0 Å². The maximum atomic E-state index is 14.6. The van der Waals surface area contributed by atoms with Crippen molar-refractivity contribution < 1.29 is 9.59 Å². The minimum absolute atomic E-state index is 0.0468. The first kappa shape index (κ1) is 23.9. The molecule has 188 valence electrons. The highest BCUT2D eigenvalue weighted by Gasteiger charge is 2.34. The Hall–Kier alpha value is -4.51. The van der Waals surface area contributed by atoms with Gasteiger partial charge in [-0.05, 0) is 83.0 Å². The second kappa shape index (κ2) is 9.75. The highest BCUT2D eigenvalue weighted by molar-refractivity contribution is 6.19. The summed E-state index contributed by atoms with van der Waals surface area (Å²) >= 11 is 0. The van der Waals surface area contributed by atoms with Gasteiger partial charge in [0.1, 0.15) is 5.82 Å². The molecule has 0 saturated carbocycles. The fraction of sp³-hybridized carbons (Fsp3) is 0.182. The number of pyridine rings is 1. The molecule has 0 spiro atoms. The van der Waals surface area contributed by atoms with Gasteiger partial charge in [-0.15, -0.1) is 0 Å². The topological polar surface area (TPSA) is 62.3 Å². The predicted octanol–water partition coefficient (Wildman–Crippen LogP) is 6.54. The van der Waals surface area contributed by atoms with Gasteiger partial charge in [0.05, 0.1) is 5.70 Å². The van der Waals surface area contributed by atoms with E-state index in [9.17, 15) is 9.59 Å². The van der Waals surface area contributed by atoms with Gasteiger partial charge in [0, 0.05) is 37.3 Å². The third-order valence-corrected chi connectivity index (χ3v) is 7.49. The number of fused-ring (bicyclic) bond motifs is 5. The molecule has 0 unspecified atom stereocenters. The van der Waals surface area contributed by atoms with Crippen LogP contribution in [0, 0.1) is 0 Å². The van der Waals surface area contributed by atoms with Gasteiger partial charge in [-0.1, -0.05) is 54.6 Å². The third kappa shape index (κ3) is 4.10. The van der Waals surface area contributed by atoms with Crippen LogP contribution in [-0.4, -0.2) is 23.2 Å². The molecule has 5 nitrogen and oxygen atoms in total. The summed E-state index contributed by atoms with van der Waals surface area (Å²) in [6.07, 6.45) is 12.7. The molecule has 0 fully saturated rings. The van der Waals surface area contributed by atoms with Crippen molar-refractivity contribution in [2.24, 2.45) is 0 Å². The number of nitrogens with one attached hydrogen (secondary N) is 1. The molecule has 3 aliphatic rings. The van der Waals surface area contributed by atoms with E-state index in [1.54, 1.807) is 6.20 Å². The number of carbonyl (C=O) groups excluding carboxylic acids is 2. The molecule has 38 heavy (non-hydrogen) atoms. The van der Waals surface area contributed by atoms with Crippen molar-refractivity contribution in [1.29, 1.82) is 0 Å². The largest absolute Gasteiger partial charge is 0.338 e. The Morgan fingerprint density at radius 2 is 1.92 bits per heavy atom. The Bertz CT molecular complexity index is 1590. The Morgan fingerprint density at radius 1 is 1.08 bits per heavy atom. The van der Waals surface area contributed by atoms with Gasteiger partial charge in [0.15, 0.2) is 0 Å². The van der Waals surface area contributed by atoms with E-state index >= 15 is 0 Å². The Morgan fingerprint density at radius 3 is 2.71 bits per heavy atom. The molecular formula is C33H29N3O2. The van der Waals surface area contributed by atoms with Crippen molar-refractivity contribution in [1.82, 2.24) is 4.98 Å². The number of amides is 1. The lowest BCUT2D eigenvalue weighted by molar-refractivity contribution is -0.114. The number of ketones is 1. The summed E-state index contributed by atoms with van der Waals surface area (Å²) < 4.78 is 0. The number of para-hydroxylation sites is 1. The number of Topliss-reactive ketones (excluding diaryl/α,β-unsaturated/α-hetero) is 1. The first-order valence-electron chi connectivity index (χ1n) is 13.1. The summed E-state index contributed by atoms with van der Waals surface area (Å²) in [6.45, 7) is 4.18. The second-order valence-corrected chi connectivity index (χ2v) is 9.80. The van der Waals surface area contributed by atoms with E-state index < -0.39 is 0 Å². The average Bonchev–Trinajstić information content (AvgIpc) is 2.94. The lowest BCUT2D eigenvalue weighted by atomic mass is 9.75. The van der Waals surface area contributed by atoms with E-state index in [-0.39, 0.29) is 11.7 Å². The number of nitrogens with zero attached hydrogens (tertiary/aromatic N) is 2. The second-order valence-electron chi connectivity index (χ2n) is 9.80. The first-order valence-corrected chi connectivity index (χ1v) is 13.1. The maximum absolute atomic E-state index is 14.6. The molecule has 0 atom stereocenters. The Kier molecular flexibility index (Phi) is 6.12. The number of allylic oxidation sites excluding steroid dienone is 8. The first-order chi connectivity index (χ1) is 18.5. The third-order valence-electron chi connectivity index (χ3n) is 7.49. The molecule has 0 saturated heterocycles. The molecule has 0 radical (unpaired) electrons. The molecule has 3 aromatic rings. The minimum Gasteiger partial charge on any atom is -0.338 e. The van der Waals surface area contributed by atoms with Crippen LogP contribution >= 0.6 is 0 Å². The van der Waals surface area contributed by atoms with Crippen molar-refractivity contribution >= 4 is 34.3 Å². The van der Waals surface area contributed by atoms with Gasteiger partial charge in [0.25, 0.3) is 0 Å². The molecule has 1 N–H and O–H groups in total. The number of hydrogen-bond donors (Lipinski definition) is 1. The molecule has 1 amide bonds. The van der Waals surface area contributed by atoms with Gasteiger partial charge in [-0.3, -0.25) is 9.59 Å². The summed E-state index contributed by atoms with van der Waals surface area (Å²) in [7, 11) is 0. The van der Waals surface area contributed by atoms with Crippen LogP contribution in [0.5, 0.6) is 0 Å². The lowest BCUT2D eigenvalue weighted by Gasteiger charge is -2.34. The van der Waals surface area contributed by atoms with Gasteiger partial charge in [-0.2, -0.15) is 0 Å². The van der Waals surface area contributed by atoms with Crippen LogP contribution in [0.25, 0.3) is 11.1 Å². The monoisotopic (exact) mass is 499 g/mol. The highest BCUT2D eigenvalue weighted by atomic mass is 16.1. The number of aromatic nitrogens is 1. The van der Waals surface area contributed by atoms with E-state index in [2.05, 4.69) is 58.6 Å². The summed E-state index contributed by atoms with van der Waals surface area (Å²) in [5, 5.41) is 2.78. The fourth-order valence-electron chi connectivity index (χ4n) is 5.85. The van der Waals surface area contributed by atoms with E-state index in [1.165, 1.54) is 23.6 Å². The van der Waals surface area contributed by atoms with Crippen molar-refractivity contribution in [2.75, 3.05) is 16.8 Å². The van der Waals surface area contributed by atoms with Crippen molar-refractivity contribution in [3.63, 3.8) is 0 Å². The molecule has 1 heterocycles. The quantitative estimate of drug-likeness (QED) is 0.433. The molecule has 3 aliphatic carbocycles. The van der Waals surface area contributed by atoms with Crippen LogP contribution < -0.4 is 10.2 Å². The predicted molar refractivity (Wildman–Crippen MR) is 153 cm³/mol. The number of carbonyl (C=O) groups is 2. The normalized spacial score (nSPS) is 15.7. The summed E-state index contributed by atoms with van der Waals surface area (Å²) in [4.78, 5) is 32.8. The summed E-state index contributed by atoms with van der Waals surface area (Å²) in [5.74, 6) is 0.341. The van der Waals surface area contributed by atoms with Gasteiger partial charge < -0.3 is 10.2 Å². The minimum atomic E-state index is -0.181. The van der Waals surface area contributed by atoms with Crippen molar-refractivity contribution in [2.45, 2.75) is 33.1 Å². The van der Waals surface area contributed by atoms with Gasteiger partial charge >= 0.3 is 0 Å². The number of rotatable bonds is 5. The van der Waals surface area contributed by atoms with Crippen LogP contribution in [-0.2, 0) is 17.6 Å². The van der Waals surface area contributed by atoms with Crippen LogP contribution in [0.15, 0.2) is 96.4 Å². The maximum Gasteiger partial charge on any atom is 0.222 e. The molecule has 6 rings (SSSR count). The van der Waals surface area contributed by atoms with Gasteiger partial charge in [-0.25, -0.2) is 4.98 Å². The molecular weight excluding hydrogens is 470 g/mol. The zero-order chi connectivity index (χ0) is 26.2. The Labute approximate surface area is 222 Å². The summed E-state index contributed by atoms with van der Waals surface area (Å²) in [5.41, 5.74) is 10.2. The number of anilines is 2. The van der Waals surface area contributed by atoms with E-state index in [4.69, 9.17) is 0 Å². The smallest absolute Gasteiger partial charge is 0.222 e. The molecule has 5 heteroatoms. The number of benzene rings is 2. The molecule has 1 aromatic heterocycles. The van der Waals surface area contributed by atoms with Crippen molar-refractivity contribution in [3.8, 4) is 0 Å². The van der Waals surface area contributed by atoms with Crippen LogP contribution in [0.1, 0.15) is 52.9 Å². The van der Waals surface area contributed by atoms with E-state index in [0.29, 0.717) is 24.5 Å². The SMILES string of the molecule is CCN(C1=C(c2ccnc(NC(C)=O)c2)Cc2ccc3c(c2C1=O)CC=C1CC=CC=C13)c1ccccc1. The molecule has 0 bridgehead atoms. The average molecular weight is 500 g/mol. The van der Waals surface area contributed by atoms with Crippen LogP contribution in [0.3, 0.4) is 0 Å². The fourth-order valence-corrected chi connectivity index (χ4v) is 5.85. The van der Waals surface area contributed by atoms with Gasteiger partial charge in [0.2, 0.25) is 11.7 Å². The number of likely N-dealkylation sites (N-methyl/N-ethyl adjacent to an activating group) is 1. The van der Waals surface area contributed by atoms with E-state index in [0.717, 1.165) is 46.4 Å². The zero-order valence-corrected chi connectivity index (χ0v) is 21.6. The molecule has 0 aliphatic heterocycles. The highest BCUT2D eigenvalue weighted by Crippen LogP contribution is 2.43.